The van der Waals surface area contributed by atoms with E-state index in [1.165, 1.54) is 37.1 Å². The van der Waals surface area contributed by atoms with Crippen LogP contribution in [0.25, 0.3) is 0 Å². The molecule has 28 heavy (non-hydrogen) atoms. The lowest BCUT2D eigenvalue weighted by atomic mass is 10.1. The first-order chi connectivity index (χ1) is 13.6. The van der Waals surface area contributed by atoms with Crippen molar-refractivity contribution in [2.75, 3.05) is 49.1 Å². The third-order valence-electron chi connectivity index (χ3n) is 5.23. The van der Waals surface area contributed by atoms with E-state index in [-0.39, 0.29) is 11.6 Å². The number of anilines is 2. The molecule has 2 aromatic rings. The molecule has 0 bridgehead atoms. The normalized spacial score (nSPS) is 17.1. The average Bonchev–Trinajstić information content (AvgIpc) is 3.28. The second-order valence-electron chi connectivity index (χ2n) is 6.99. The minimum absolute atomic E-state index is 0.0149. The lowest BCUT2D eigenvalue weighted by Crippen LogP contribution is -2.49. The standard InChI is InChI=1S/C19H22N6O3/c26-18(15-3-5-16(6-4-15)25(27)28)23-13-11-22(12-14-23)17-7-8-20-19(21-17)24-9-1-2-10-24/h3-8H,1-2,9-14H2. The molecule has 4 rings (SSSR count). The highest BCUT2D eigenvalue weighted by atomic mass is 16.6. The van der Waals surface area contributed by atoms with Crippen LogP contribution in [0, 0.1) is 10.1 Å². The van der Waals surface area contributed by atoms with Gasteiger partial charge in [0.25, 0.3) is 11.6 Å². The van der Waals surface area contributed by atoms with Gasteiger partial charge in [0, 0.05) is 63.2 Å². The number of piperazine rings is 1. The van der Waals surface area contributed by atoms with Gasteiger partial charge in [-0.15, -0.1) is 0 Å². The van der Waals surface area contributed by atoms with Gasteiger partial charge < -0.3 is 14.7 Å². The number of nitro groups is 1. The number of carbonyl (C=O) groups is 1. The molecule has 0 N–H and O–H groups in total. The van der Waals surface area contributed by atoms with E-state index in [4.69, 9.17) is 4.98 Å². The number of rotatable bonds is 4. The Kier molecular flexibility index (Phi) is 5.05. The quantitative estimate of drug-likeness (QED) is 0.589. The number of non-ortho nitro benzene ring substituents is 1. The van der Waals surface area contributed by atoms with Crippen molar-refractivity contribution in [2.24, 2.45) is 0 Å². The van der Waals surface area contributed by atoms with Gasteiger partial charge in [-0.05, 0) is 31.0 Å². The van der Waals surface area contributed by atoms with Gasteiger partial charge in [-0.3, -0.25) is 14.9 Å². The summed E-state index contributed by atoms with van der Waals surface area (Å²) in [5.74, 6) is 1.56. The molecular weight excluding hydrogens is 360 g/mol. The maximum absolute atomic E-state index is 12.7. The van der Waals surface area contributed by atoms with Crippen LogP contribution in [0.1, 0.15) is 23.2 Å². The van der Waals surface area contributed by atoms with E-state index in [2.05, 4.69) is 14.8 Å². The lowest BCUT2D eigenvalue weighted by molar-refractivity contribution is -0.384. The van der Waals surface area contributed by atoms with Crippen molar-refractivity contribution in [3.8, 4) is 0 Å². The van der Waals surface area contributed by atoms with Gasteiger partial charge >= 0.3 is 0 Å². The first-order valence-corrected chi connectivity index (χ1v) is 9.48. The molecule has 1 aromatic heterocycles. The average molecular weight is 382 g/mol. The number of nitrogens with zero attached hydrogens (tertiary/aromatic N) is 6. The third-order valence-corrected chi connectivity index (χ3v) is 5.23. The van der Waals surface area contributed by atoms with Crippen LogP contribution in [0.5, 0.6) is 0 Å². The SMILES string of the molecule is O=C(c1ccc([N+](=O)[O-])cc1)N1CCN(c2ccnc(N3CCCC3)n2)CC1. The second kappa shape index (κ2) is 7.79. The van der Waals surface area contributed by atoms with Crippen LogP contribution in [-0.2, 0) is 0 Å². The smallest absolute Gasteiger partial charge is 0.269 e. The van der Waals surface area contributed by atoms with Gasteiger partial charge in [0.2, 0.25) is 5.95 Å². The number of amides is 1. The molecule has 0 radical (unpaired) electrons. The highest BCUT2D eigenvalue weighted by Crippen LogP contribution is 2.21. The van der Waals surface area contributed by atoms with E-state index in [0.717, 1.165) is 24.9 Å². The van der Waals surface area contributed by atoms with Crippen molar-refractivity contribution in [2.45, 2.75) is 12.8 Å². The summed E-state index contributed by atoms with van der Waals surface area (Å²) >= 11 is 0. The fourth-order valence-electron chi connectivity index (χ4n) is 3.63. The van der Waals surface area contributed by atoms with Crippen LogP contribution in [0.15, 0.2) is 36.5 Å². The topological polar surface area (TPSA) is 95.7 Å². The van der Waals surface area contributed by atoms with Crippen molar-refractivity contribution in [1.82, 2.24) is 14.9 Å². The van der Waals surface area contributed by atoms with Crippen molar-refractivity contribution < 1.29 is 9.72 Å². The van der Waals surface area contributed by atoms with Gasteiger partial charge in [-0.2, -0.15) is 4.98 Å². The number of carbonyl (C=O) groups excluding carboxylic acids is 1. The minimum atomic E-state index is -0.467. The predicted molar refractivity (Wildman–Crippen MR) is 105 cm³/mol. The summed E-state index contributed by atoms with van der Waals surface area (Å²) in [6.07, 6.45) is 4.15. The Morgan fingerprint density at radius 3 is 2.25 bits per heavy atom. The van der Waals surface area contributed by atoms with Gasteiger partial charge in [0.05, 0.1) is 4.92 Å². The van der Waals surface area contributed by atoms with Crippen molar-refractivity contribution in [1.29, 1.82) is 0 Å². The molecule has 3 heterocycles. The molecule has 0 aliphatic carbocycles. The van der Waals surface area contributed by atoms with Gasteiger partial charge in [0.15, 0.2) is 0 Å². The van der Waals surface area contributed by atoms with Crippen LogP contribution in [0.4, 0.5) is 17.5 Å². The number of aromatic nitrogens is 2. The van der Waals surface area contributed by atoms with Crippen LogP contribution < -0.4 is 9.80 Å². The number of nitro benzene ring substituents is 1. The summed E-state index contributed by atoms with van der Waals surface area (Å²) in [5.41, 5.74) is 0.455. The highest BCUT2D eigenvalue weighted by molar-refractivity contribution is 5.94. The van der Waals surface area contributed by atoms with E-state index < -0.39 is 4.92 Å². The molecule has 0 unspecified atom stereocenters. The fourth-order valence-corrected chi connectivity index (χ4v) is 3.63. The Balaban J connectivity index is 1.38. The number of hydrogen-bond acceptors (Lipinski definition) is 7. The zero-order valence-corrected chi connectivity index (χ0v) is 15.5. The molecule has 2 aliphatic rings. The van der Waals surface area contributed by atoms with E-state index in [1.807, 2.05) is 6.07 Å². The molecular formula is C19H22N6O3. The lowest BCUT2D eigenvalue weighted by Gasteiger charge is -2.35. The highest BCUT2D eigenvalue weighted by Gasteiger charge is 2.24. The summed E-state index contributed by atoms with van der Waals surface area (Å²) in [4.78, 5) is 38.2. The molecule has 0 atom stereocenters. The van der Waals surface area contributed by atoms with E-state index in [1.54, 1.807) is 11.1 Å². The summed E-state index contributed by atoms with van der Waals surface area (Å²) < 4.78 is 0. The maximum atomic E-state index is 12.7. The molecule has 2 aliphatic heterocycles. The largest absolute Gasteiger partial charge is 0.353 e. The monoisotopic (exact) mass is 382 g/mol. The summed E-state index contributed by atoms with van der Waals surface area (Å²) in [6.45, 7) is 4.55. The Morgan fingerprint density at radius 2 is 1.61 bits per heavy atom. The van der Waals surface area contributed by atoms with Crippen LogP contribution in [0.3, 0.4) is 0 Å². The molecule has 1 aromatic carbocycles. The Labute approximate surface area is 162 Å². The number of hydrogen-bond donors (Lipinski definition) is 0. The Morgan fingerprint density at radius 1 is 0.929 bits per heavy atom. The van der Waals surface area contributed by atoms with Crippen molar-refractivity contribution in [3.05, 3.63) is 52.2 Å². The van der Waals surface area contributed by atoms with Gasteiger partial charge in [0.1, 0.15) is 5.82 Å². The zero-order chi connectivity index (χ0) is 19.5. The van der Waals surface area contributed by atoms with Gasteiger partial charge in [-0.1, -0.05) is 0 Å². The third kappa shape index (κ3) is 3.73. The Bertz CT molecular complexity index is 858. The first kappa shape index (κ1) is 18.1. The van der Waals surface area contributed by atoms with Gasteiger partial charge in [-0.25, -0.2) is 4.98 Å². The van der Waals surface area contributed by atoms with Crippen molar-refractivity contribution >= 4 is 23.4 Å². The van der Waals surface area contributed by atoms with Crippen LogP contribution in [-0.4, -0.2) is 65.0 Å². The van der Waals surface area contributed by atoms with Crippen LogP contribution in [0.2, 0.25) is 0 Å². The van der Waals surface area contributed by atoms with Crippen molar-refractivity contribution in [3.63, 3.8) is 0 Å². The van der Waals surface area contributed by atoms with Crippen LogP contribution >= 0.6 is 0 Å². The summed E-state index contributed by atoms with van der Waals surface area (Å²) in [7, 11) is 0. The maximum Gasteiger partial charge on any atom is 0.269 e. The molecule has 2 saturated heterocycles. The molecule has 9 heteroatoms. The van der Waals surface area contributed by atoms with E-state index in [0.29, 0.717) is 31.7 Å². The molecule has 1 amide bonds. The zero-order valence-electron chi connectivity index (χ0n) is 15.5. The van der Waals surface area contributed by atoms with E-state index >= 15 is 0 Å². The second-order valence-corrected chi connectivity index (χ2v) is 6.99. The first-order valence-electron chi connectivity index (χ1n) is 9.48. The molecule has 9 nitrogen and oxygen atoms in total. The Hall–Kier alpha value is -3.23. The molecule has 146 valence electrons. The minimum Gasteiger partial charge on any atom is -0.353 e. The molecule has 0 spiro atoms. The summed E-state index contributed by atoms with van der Waals surface area (Å²) in [6, 6.07) is 7.67. The molecule has 0 saturated carbocycles. The predicted octanol–water partition coefficient (Wildman–Crippen LogP) is 1.95. The van der Waals surface area contributed by atoms with E-state index in [9.17, 15) is 14.9 Å². The summed E-state index contributed by atoms with van der Waals surface area (Å²) in [5, 5.41) is 10.8. The molecule has 2 fully saturated rings. The fraction of sp³-hybridized carbons (Fsp3) is 0.421. The number of benzene rings is 1.